The zero-order valence-corrected chi connectivity index (χ0v) is 11.4. The second-order valence-corrected chi connectivity index (χ2v) is 4.85. The summed E-state index contributed by atoms with van der Waals surface area (Å²) in [5.41, 5.74) is 0.330. The van der Waals surface area contributed by atoms with Gasteiger partial charge in [-0.25, -0.2) is 0 Å². The van der Waals surface area contributed by atoms with Crippen LogP contribution in [0.4, 0.5) is 5.88 Å². The van der Waals surface area contributed by atoms with Gasteiger partial charge in [0.2, 0.25) is 11.6 Å². The number of furan rings is 1. The van der Waals surface area contributed by atoms with E-state index in [0.717, 1.165) is 32.7 Å². The van der Waals surface area contributed by atoms with Crippen LogP contribution in [0.2, 0.25) is 0 Å². The van der Waals surface area contributed by atoms with Crippen molar-refractivity contribution in [2.24, 2.45) is 0 Å². The maximum absolute atomic E-state index is 9.22. The highest BCUT2D eigenvalue weighted by atomic mass is 16.4. The van der Waals surface area contributed by atoms with Crippen LogP contribution in [0.15, 0.2) is 27.2 Å². The number of likely N-dealkylation sites (N-methyl/N-ethyl adjacent to an activating group) is 1. The first kappa shape index (κ1) is 12.8. The molecule has 0 atom stereocenters. The summed E-state index contributed by atoms with van der Waals surface area (Å²) in [4.78, 5) is 7.88. The van der Waals surface area contributed by atoms with E-state index in [4.69, 9.17) is 8.83 Å². The average Bonchev–Trinajstić information content (AvgIpc) is 3.16. The van der Waals surface area contributed by atoms with Gasteiger partial charge in [0.1, 0.15) is 6.07 Å². The molecule has 3 heterocycles. The van der Waals surface area contributed by atoms with Crippen LogP contribution in [0.1, 0.15) is 12.6 Å². The summed E-state index contributed by atoms with van der Waals surface area (Å²) >= 11 is 0. The highest BCUT2D eigenvalue weighted by Gasteiger charge is 2.26. The van der Waals surface area contributed by atoms with Gasteiger partial charge in [0.15, 0.2) is 5.76 Å². The molecule has 1 aliphatic rings. The summed E-state index contributed by atoms with van der Waals surface area (Å²) in [6.07, 6.45) is 1.56. The summed E-state index contributed by atoms with van der Waals surface area (Å²) < 4.78 is 11.0. The normalized spacial score (nSPS) is 16.3. The number of hydrogen-bond acceptors (Lipinski definition) is 5. The van der Waals surface area contributed by atoms with Crippen molar-refractivity contribution in [2.75, 3.05) is 37.6 Å². The largest absolute Gasteiger partial charge is 0.459 e. The van der Waals surface area contributed by atoms with E-state index in [1.807, 2.05) is 0 Å². The van der Waals surface area contributed by atoms with Crippen LogP contribution in [0.3, 0.4) is 0 Å². The number of aromatic nitrogens is 1. The number of rotatable bonds is 3. The van der Waals surface area contributed by atoms with E-state index < -0.39 is 0 Å². The predicted octanol–water partition coefficient (Wildman–Crippen LogP) is 0.531. The lowest BCUT2D eigenvalue weighted by molar-refractivity contribution is -0.898. The Kier molecular flexibility index (Phi) is 3.44. The summed E-state index contributed by atoms with van der Waals surface area (Å²) in [6.45, 7) is 7.19. The van der Waals surface area contributed by atoms with Gasteiger partial charge in [-0.15, -0.1) is 0 Å². The Bertz CT molecular complexity index is 604. The molecular formula is C14H17N4O2+. The average molecular weight is 273 g/mol. The molecule has 1 fully saturated rings. The summed E-state index contributed by atoms with van der Waals surface area (Å²) in [5, 5.41) is 9.22. The van der Waals surface area contributed by atoms with Crippen LogP contribution >= 0.6 is 0 Å². The number of nitrogens with zero attached hydrogens (tertiary/aromatic N) is 3. The maximum atomic E-state index is 9.22. The first-order valence-electron chi connectivity index (χ1n) is 6.85. The quantitative estimate of drug-likeness (QED) is 0.883. The third-order valence-corrected chi connectivity index (χ3v) is 3.70. The number of oxazole rings is 1. The second kappa shape index (κ2) is 5.39. The van der Waals surface area contributed by atoms with Crippen LogP contribution in [-0.2, 0) is 0 Å². The molecule has 1 saturated heterocycles. The van der Waals surface area contributed by atoms with Gasteiger partial charge in [0, 0.05) is 0 Å². The summed E-state index contributed by atoms with van der Waals surface area (Å²) in [5.74, 6) is 1.48. The smallest absolute Gasteiger partial charge is 0.266 e. The monoisotopic (exact) mass is 273 g/mol. The van der Waals surface area contributed by atoms with Gasteiger partial charge in [-0.05, 0) is 19.1 Å². The van der Waals surface area contributed by atoms with Crippen LogP contribution < -0.4 is 9.80 Å². The van der Waals surface area contributed by atoms with E-state index in [0.29, 0.717) is 23.2 Å². The number of anilines is 1. The molecule has 0 saturated carbocycles. The molecule has 2 aromatic heterocycles. The van der Waals surface area contributed by atoms with Gasteiger partial charge in [0.25, 0.3) is 5.89 Å². The van der Waals surface area contributed by atoms with Crippen molar-refractivity contribution in [1.29, 1.82) is 5.26 Å². The highest BCUT2D eigenvalue weighted by molar-refractivity contribution is 5.55. The standard InChI is InChI=1S/C14H16N4O2/c1-2-17-5-7-18(8-6-17)14-11(10-15)16-13(20-14)12-4-3-9-19-12/h3-4,9H,2,5-8H2,1H3/p+1. The first-order valence-corrected chi connectivity index (χ1v) is 6.85. The van der Waals surface area contributed by atoms with Crippen LogP contribution in [-0.4, -0.2) is 37.7 Å². The maximum Gasteiger partial charge on any atom is 0.266 e. The highest BCUT2D eigenvalue weighted by Crippen LogP contribution is 2.28. The van der Waals surface area contributed by atoms with E-state index in [1.165, 1.54) is 0 Å². The Hall–Kier alpha value is -2.26. The molecule has 0 unspecified atom stereocenters. The van der Waals surface area contributed by atoms with E-state index >= 15 is 0 Å². The molecule has 0 radical (unpaired) electrons. The van der Waals surface area contributed by atoms with Gasteiger partial charge < -0.3 is 18.6 Å². The Labute approximate surface area is 117 Å². The van der Waals surface area contributed by atoms with E-state index in [-0.39, 0.29) is 0 Å². The number of piperazine rings is 1. The molecule has 104 valence electrons. The third-order valence-electron chi connectivity index (χ3n) is 3.70. The molecule has 6 nitrogen and oxygen atoms in total. The SMILES string of the molecule is CC[NH+]1CCN(c2oc(-c3ccco3)nc2C#N)CC1. The van der Waals surface area contributed by atoms with Crippen LogP contribution in [0, 0.1) is 11.3 Å². The van der Waals surface area contributed by atoms with E-state index in [1.54, 1.807) is 23.3 Å². The summed E-state index contributed by atoms with van der Waals surface area (Å²) in [7, 11) is 0. The van der Waals surface area contributed by atoms with Crippen LogP contribution in [0.5, 0.6) is 0 Å². The van der Waals surface area contributed by atoms with Crippen molar-refractivity contribution >= 4 is 5.88 Å². The lowest BCUT2D eigenvalue weighted by atomic mass is 10.3. The molecule has 0 amide bonds. The lowest BCUT2D eigenvalue weighted by Gasteiger charge is -2.31. The predicted molar refractivity (Wildman–Crippen MR) is 72.4 cm³/mol. The van der Waals surface area contributed by atoms with Crippen LogP contribution in [0.25, 0.3) is 11.7 Å². The molecule has 6 heteroatoms. The minimum Gasteiger partial charge on any atom is -0.459 e. The number of hydrogen-bond donors (Lipinski definition) is 1. The second-order valence-electron chi connectivity index (χ2n) is 4.85. The van der Waals surface area contributed by atoms with Gasteiger partial charge in [-0.3, -0.25) is 0 Å². The molecule has 0 aromatic carbocycles. The van der Waals surface area contributed by atoms with Gasteiger partial charge >= 0.3 is 0 Å². The molecule has 1 N–H and O–H groups in total. The van der Waals surface area contributed by atoms with Crippen molar-refractivity contribution in [1.82, 2.24) is 4.98 Å². The lowest BCUT2D eigenvalue weighted by Crippen LogP contribution is -3.14. The fourth-order valence-corrected chi connectivity index (χ4v) is 2.48. The molecule has 2 aromatic rings. The number of quaternary nitrogens is 1. The van der Waals surface area contributed by atoms with Crippen molar-refractivity contribution in [3.8, 4) is 17.7 Å². The van der Waals surface area contributed by atoms with E-state index in [9.17, 15) is 5.26 Å². The molecule has 0 bridgehead atoms. The first-order chi connectivity index (χ1) is 9.81. The molecule has 1 aliphatic heterocycles. The van der Waals surface area contributed by atoms with Gasteiger partial charge in [-0.2, -0.15) is 10.2 Å². The Morgan fingerprint density at radius 1 is 1.45 bits per heavy atom. The van der Waals surface area contributed by atoms with Crippen molar-refractivity contribution in [3.05, 3.63) is 24.1 Å². The molecule has 0 aliphatic carbocycles. The Balaban J connectivity index is 1.85. The Morgan fingerprint density at radius 2 is 2.25 bits per heavy atom. The summed E-state index contributed by atoms with van der Waals surface area (Å²) in [6, 6.07) is 5.65. The molecule has 20 heavy (non-hydrogen) atoms. The minimum absolute atomic E-state index is 0.330. The number of nitrogens with one attached hydrogen (secondary N) is 1. The fraction of sp³-hybridized carbons (Fsp3) is 0.429. The minimum atomic E-state index is 0.330. The third kappa shape index (κ3) is 2.28. The molecule has 3 rings (SSSR count). The Morgan fingerprint density at radius 3 is 2.85 bits per heavy atom. The van der Waals surface area contributed by atoms with Crippen molar-refractivity contribution in [3.63, 3.8) is 0 Å². The molecule has 0 spiro atoms. The topological polar surface area (TPSA) is 70.6 Å². The van der Waals surface area contributed by atoms with Crippen molar-refractivity contribution in [2.45, 2.75) is 6.92 Å². The molecular weight excluding hydrogens is 256 g/mol. The fourth-order valence-electron chi connectivity index (χ4n) is 2.48. The van der Waals surface area contributed by atoms with Crippen molar-refractivity contribution < 1.29 is 13.7 Å². The number of nitriles is 1. The van der Waals surface area contributed by atoms with E-state index in [2.05, 4.69) is 22.9 Å². The zero-order chi connectivity index (χ0) is 13.9. The van der Waals surface area contributed by atoms with Gasteiger partial charge in [0.05, 0.1) is 39.0 Å². The zero-order valence-electron chi connectivity index (χ0n) is 11.4. The van der Waals surface area contributed by atoms with Gasteiger partial charge in [-0.1, -0.05) is 0 Å².